The molecule has 0 unspecified atom stereocenters. The van der Waals surface area contributed by atoms with Crippen LogP contribution in [0, 0.1) is 0 Å². The number of benzene rings is 8. The quantitative estimate of drug-likeness (QED) is 0.188. The molecule has 0 N–H and O–H groups in total. The summed E-state index contributed by atoms with van der Waals surface area (Å²) in [5.74, 6) is 0. The standard InChI is InChI=1S/C47H30N2O/c1-3-19-37-31(11-1)13-9-22-39(37)33-15-7-17-35(27-33)49(36-18-8-16-34(28-36)40-23-10-14-32-12-2-4-20-38(32)40)45-25-26-48-44-30-47-42(29-43(44)45)41-21-5-6-24-46(41)50-47/h1-30H. The van der Waals surface area contributed by atoms with Gasteiger partial charge in [-0.15, -0.1) is 0 Å². The van der Waals surface area contributed by atoms with Crippen molar-refractivity contribution in [3.63, 3.8) is 0 Å². The highest BCUT2D eigenvalue weighted by Gasteiger charge is 2.20. The Bertz CT molecular complexity index is 2770. The molecule has 0 aliphatic rings. The summed E-state index contributed by atoms with van der Waals surface area (Å²) in [6, 6.07) is 62.7. The third kappa shape index (κ3) is 4.63. The van der Waals surface area contributed by atoms with Gasteiger partial charge in [0.2, 0.25) is 0 Å². The Balaban J connectivity index is 1.22. The van der Waals surface area contributed by atoms with Crippen LogP contribution in [0.4, 0.5) is 17.1 Å². The van der Waals surface area contributed by atoms with Crippen molar-refractivity contribution in [2.24, 2.45) is 0 Å². The van der Waals surface area contributed by atoms with Crippen molar-refractivity contribution in [2.75, 3.05) is 4.90 Å². The van der Waals surface area contributed by atoms with Crippen molar-refractivity contribution >= 4 is 71.4 Å². The number of para-hydroxylation sites is 1. The maximum Gasteiger partial charge on any atom is 0.137 e. The van der Waals surface area contributed by atoms with E-state index < -0.39 is 0 Å². The zero-order valence-corrected chi connectivity index (χ0v) is 27.1. The number of furan rings is 1. The zero-order chi connectivity index (χ0) is 33.0. The van der Waals surface area contributed by atoms with Gasteiger partial charge in [-0.3, -0.25) is 4.98 Å². The minimum absolute atomic E-state index is 0.839. The van der Waals surface area contributed by atoms with E-state index in [9.17, 15) is 0 Å². The highest BCUT2D eigenvalue weighted by molar-refractivity contribution is 6.12. The molecule has 3 nitrogen and oxygen atoms in total. The van der Waals surface area contributed by atoms with Gasteiger partial charge in [-0.2, -0.15) is 0 Å². The van der Waals surface area contributed by atoms with Crippen LogP contribution >= 0.6 is 0 Å². The van der Waals surface area contributed by atoms with E-state index in [1.807, 2.05) is 18.3 Å². The molecule has 0 amide bonds. The SMILES string of the molecule is c1cc(-c2cccc3ccccc23)cc(N(c2cccc(-c3cccc4ccccc34)c2)c2ccnc3cc4oc5ccccc5c4cc23)c1. The number of aromatic nitrogens is 1. The fourth-order valence-corrected chi connectivity index (χ4v) is 7.55. The second-order valence-electron chi connectivity index (χ2n) is 12.8. The first-order chi connectivity index (χ1) is 24.8. The van der Waals surface area contributed by atoms with Crippen molar-refractivity contribution in [1.29, 1.82) is 0 Å². The number of anilines is 3. The maximum absolute atomic E-state index is 6.28. The van der Waals surface area contributed by atoms with Crippen molar-refractivity contribution in [3.8, 4) is 22.3 Å². The summed E-state index contributed by atoms with van der Waals surface area (Å²) in [6.07, 6.45) is 1.91. The lowest BCUT2D eigenvalue weighted by atomic mass is 9.96. The third-order valence-electron chi connectivity index (χ3n) is 9.87. The lowest BCUT2D eigenvalue weighted by Gasteiger charge is -2.28. The number of rotatable bonds is 5. The van der Waals surface area contributed by atoms with E-state index in [0.29, 0.717) is 0 Å². The van der Waals surface area contributed by atoms with E-state index in [2.05, 4.69) is 169 Å². The van der Waals surface area contributed by atoms with Crippen molar-refractivity contribution < 1.29 is 4.42 Å². The fourth-order valence-electron chi connectivity index (χ4n) is 7.55. The smallest absolute Gasteiger partial charge is 0.137 e. The Morgan fingerprint density at radius 1 is 0.400 bits per heavy atom. The Morgan fingerprint density at radius 3 is 1.62 bits per heavy atom. The summed E-state index contributed by atoms with van der Waals surface area (Å²) in [5.41, 5.74) is 10.5. The Hall–Kier alpha value is -6.71. The van der Waals surface area contributed by atoms with Gasteiger partial charge in [0.15, 0.2) is 0 Å². The molecule has 8 aromatic carbocycles. The van der Waals surface area contributed by atoms with E-state index in [0.717, 1.165) is 61.0 Å². The molecule has 3 heteroatoms. The number of hydrogen-bond donors (Lipinski definition) is 0. The van der Waals surface area contributed by atoms with Crippen LogP contribution in [-0.4, -0.2) is 4.98 Å². The summed E-state index contributed by atoms with van der Waals surface area (Å²) in [4.78, 5) is 7.22. The van der Waals surface area contributed by atoms with E-state index >= 15 is 0 Å². The van der Waals surface area contributed by atoms with Gasteiger partial charge in [0.05, 0.1) is 11.2 Å². The van der Waals surface area contributed by atoms with Crippen molar-refractivity contribution in [1.82, 2.24) is 4.98 Å². The molecule has 10 rings (SSSR count). The summed E-state index contributed by atoms with van der Waals surface area (Å²) in [7, 11) is 0. The number of hydrogen-bond acceptors (Lipinski definition) is 3. The second-order valence-corrected chi connectivity index (χ2v) is 12.8. The van der Waals surface area contributed by atoms with Gasteiger partial charge in [0, 0.05) is 39.8 Å². The molecule has 10 aromatic rings. The monoisotopic (exact) mass is 638 g/mol. The topological polar surface area (TPSA) is 29.3 Å². The summed E-state index contributed by atoms with van der Waals surface area (Å²) in [6.45, 7) is 0. The van der Waals surface area contributed by atoms with E-state index in [1.165, 1.54) is 32.7 Å². The minimum Gasteiger partial charge on any atom is -0.456 e. The zero-order valence-electron chi connectivity index (χ0n) is 27.1. The predicted molar refractivity (Wildman–Crippen MR) is 210 cm³/mol. The van der Waals surface area contributed by atoms with Gasteiger partial charge in [0.25, 0.3) is 0 Å². The predicted octanol–water partition coefficient (Wildman–Crippen LogP) is 13.2. The van der Waals surface area contributed by atoms with Crippen molar-refractivity contribution in [3.05, 3.63) is 182 Å². The largest absolute Gasteiger partial charge is 0.456 e. The van der Waals surface area contributed by atoms with E-state index in [-0.39, 0.29) is 0 Å². The van der Waals surface area contributed by atoms with Gasteiger partial charge in [-0.1, -0.05) is 127 Å². The summed E-state index contributed by atoms with van der Waals surface area (Å²) < 4.78 is 6.28. The normalized spacial score (nSPS) is 11.6. The lowest BCUT2D eigenvalue weighted by molar-refractivity contribution is 0.669. The van der Waals surface area contributed by atoms with E-state index in [1.54, 1.807) is 0 Å². The van der Waals surface area contributed by atoms with Gasteiger partial charge >= 0.3 is 0 Å². The fraction of sp³-hybridized carbons (Fsp3) is 0. The first-order valence-corrected chi connectivity index (χ1v) is 17.0. The average molecular weight is 639 g/mol. The molecule has 0 aliphatic heterocycles. The molecule has 0 spiro atoms. The van der Waals surface area contributed by atoms with Crippen LogP contribution in [0.1, 0.15) is 0 Å². The second kappa shape index (κ2) is 11.5. The molecular formula is C47H30N2O. The molecule has 0 aliphatic carbocycles. The van der Waals surface area contributed by atoms with Gasteiger partial charge in [-0.05, 0) is 86.3 Å². The van der Waals surface area contributed by atoms with Gasteiger partial charge in [-0.25, -0.2) is 0 Å². The molecule has 50 heavy (non-hydrogen) atoms. The molecule has 0 bridgehead atoms. The molecule has 0 radical (unpaired) electrons. The third-order valence-corrected chi connectivity index (χ3v) is 9.87. The molecule has 0 saturated carbocycles. The summed E-state index contributed by atoms with van der Waals surface area (Å²) in [5, 5.41) is 8.16. The average Bonchev–Trinajstić information content (AvgIpc) is 3.54. The minimum atomic E-state index is 0.839. The molecule has 2 heterocycles. The molecule has 2 aromatic heterocycles. The highest BCUT2D eigenvalue weighted by atomic mass is 16.3. The molecule has 0 saturated heterocycles. The highest BCUT2D eigenvalue weighted by Crippen LogP contribution is 2.43. The molecule has 0 fully saturated rings. The number of fused-ring (bicyclic) bond motifs is 6. The van der Waals surface area contributed by atoms with Crippen LogP contribution in [0.3, 0.4) is 0 Å². The van der Waals surface area contributed by atoms with Crippen LogP contribution in [0.15, 0.2) is 187 Å². The maximum atomic E-state index is 6.28. The molecule has 0 atom stereocenters. The van der Waals surface area contributed by atoms with Crippen LogP contribution < -0.4 is 4.90 Å². The van der Waals surface area contributed by atoms with Crippen LogP contribution in [-0.2, 0) is 0 Å². The Labute approximate surface area is 289 Å². The number of nitrogens with zero attached hydrogens (tertiary/aromatic N) is 2. The summed E-state index contributed by atoms with van der Waals surface area (Å²) >= 11 is 0. The van der Waals surface area contributed by atoms with E-state index in [4.69, 9.17) is 9.40 Å². The van der Waals surface area contributed by atoms with Gasteiger partial charge in [0.1, 0.15) is 11.2 Å². The Morgan fingerprint density at radius 2 is 0.960 bits per heavy atom. The first-order valence-electron chi connectivity index (χ1n) is 17.0. The molecule has 234 valence electrons. The number of pyridine rings is 1. The van der Waals surface area contributed by atoms with Crippen molar-refractivity contribution in [2.45, 2.75) is 0 Å². The molecular weight excluding hydrogens is 609 g/mol. The first kappa shape index (κ1) is 28.3. The lowest BCUT2D eigenvalue weighted by Crippen LogP contribution is -2.11. The van der Waals surface area contributed by atoms with Crippen LogP contribution in [0.2, 0.25) is 0 Å². The van der Waals surface area contributed by atoms with Gasteiger partial charge < -0.3 is 9.32 Å². The Kier molecular flexibility index (Phi) is 6.49. The van der Waals surface area contributed by atoms with Crippen LogP contribution in [0.5, 0.6) is 0 Å². The van der Waals surface area contributed by atoms with Crippen LogP contribution in [0.25, 0.3) is 76.6 Å².